The lowest BCUT2D eigenvalue weighted by atomic mass is 9.95. The molecule has 160 valence electrons. The third-order valence-corrected chi connectivity index (χ3v) is 5.83. The molecule has 31 heavy (non-hydrogen) atoms. The average molecular weight is 440 g/mol. The van der Waals surface area contributed by atoms with Gasteiger partial charge in [0.15, 0.2) is 11.7 Å². The summed E-state index contributed by atoms with van der Waals surface area (Å²) in [6.07, 6.45) is 6.66. The standard InChI is InChI=1S/C22H22FN5O2S/c23-15-9-11-17(12-10-15)28(22(30)19-14-31-27-26-19)20(18-8-4-5-13-24-18)21(29)25-16-6-2-1-3-7-16/h4-5,8-14,16,20H,1-3,6-7H2,(H,25,29)/t20-/m1/s1. The molecule has 2 heterocycles. The zero-order chi connectivity index (χ0) is 21.6. The highest BCUT2D eigenvalue weighted by molar-refractivity contribution is 7.03. The Morgan fingerprint density at radius 2 is 1.87 bits per heavy atom. The molecular formula is C22H22FN5O2S. The lowest BCUT2D eigenvalue weighted by Crippen LogP contribution is -2.47. The van der Waals surface area contributed by atoms with Crippen LogP contribution < -0.4 is 10.2 Å². The van der Waals surface area contributed by atoms with Crippen molar-refractivity contribution >= 4 is 29.0 Å². The number of halogens is 1. The minimum absolute atomic E-state index is 0.0542. The summed E-state index contributed by atoms with van der Waals surface area (Å²) in [7, 11) is 0. The molecular weight excluding hydrogens is 417 g/mol. The molecule has 9 heteroatoms. The Kier molecular flexibility index (Phi) is 6.61. The van der Waals surface area contributed by atoms with Gasteiger partial charge in [-0.25, -0.2) is 4.39 Å². The number of nitrogens with one attached hydrogen (secondary N) is 1. The van der Waals surface area contributed by atoms with E-state index in [1.165, 1.54) is 34.5 Å². The fourth-order valence-electron chi connectivity index (χ4n) is 3.82. The number of benzene rings is 1. The van der Waals surface area contributed by atoms with Crippen molar-refractivity contribution in [3.63, 3.8) is 0 Å². The predicted octanol–water partition coefficient (Wildman–Crippen LogP) is 3.91. The fraction of sp³-hybridized carbons (Fsp3) is 0.318. The van der Waals surface area contributed by atoms with Crippen LogP contribution in [0.3, 0.4) is 0 Å². The molecule has 0 unspecified atom stereocenters. The minimum Gasteiger partial charge on any atom is -0.351 e. The summed E-state index contributed by atoms with van der Waals surface area (Å²) >= 11 is 1.04. The predicted molar refractivity (Wildman–Crippen MR) is 115 cm³/mol. The number of hydrogen-bond donors (Lipinski definition) is 1. The van der Waals surface area contributed by atoms with Gasteiger partial charge in [0.1, 0.15) is 5.82 Å². The Labute approximate surface area is 183 Å². The van der Waals surface area contributed by atoms with Crippen LogP contribution in [0.15, 0.2) is 54.0 Å². The van der Waals surface area contributed by atoms with E-state index < -0.39 is 17.8 Å². The highest BCUT2D eigenvalue weighted by Gasteiger charge is 2.36. The van der Waals surface area contributed by atoms with Gasteiger partial charge in [-0.05, 0) is 60.8 Å². The summed E-state index contributed by atoms with van der Waals surface area (Å²) in [5.41, 5.74) is 0.895. The Hall–Kier alpha value is -3.20. The maximum Gasteiger partial charge on any atom is 0.280 e. The summed E-state index contributed by atoms with van der Waals surface area (Å²) < 4.78 is 17.4. The second-order valence-corrected chi connectivity index (χ2v) is 8.05. The smallest absolute Gasteiger partial charge is 0.280 e. The summed E-state index contributed by atoms with van der Waals surface area (Å²) in [6, 6.07) is 9.67. The van der Waals surface area contributed by atoms with Crippen molar-refractivity contribution in [2.45, 2.75) is 44.2 Å². The van der Waals surface area contributed by atoms with Crippen molar-refractivity contribution in [1.82, 2.24) is 19.9 Å². The highest BCUT2D eigenvalue weighted by Crippen LogP contribution is 2.29. The van der Waals surface area contributed by atoms with Crippen LogP contribution in [0.5, 0.6) is 0 Å². The van der Waals surface area contributed by atoms with E-state index in [9.17, 15) is 14.0 Å². The van der Waals surface area contributed by atoms with Crippen LogP contribution in [-0.4, -0.2) is 32.4 Å². The van der Waals surface area contributed by atoms with Crippen LogP contribution in [0.2, 0.25) is 0 Å². The summed E-state index contributed by atoms with van der Waals surface area (Å²) in [6.45, 7) is 0. The number of amides is 2. The van der Waals surface area contributed by atoms with Gasteiger partial charge < -0.3 is 5.32 Å². The first-order valence-corrected chi connectivity index (χ1v) is 11.0. The van der Waals surface area contributed by atoms with Gasteiger partial charge in [0.25, 0.3) is 5.91 Å². The third-order valence-electron chi connectivity index (χ3n) is 5.33. The molecule has 1 N–H and O–H groups in total. The number of aromatic nitrogens is 3. The van der Waals surface area contributed by atoms with Gasteiger partial charge in [-0.15, -0.1) is 5.10 Å². The SMILES string of the molecule is O=C(NC1CCCCC1)[C@@H](c1ccccn1)N(C(=O)c1csnn1)c1ccc(F)cc1. The lowest BCUT2D eigenvalue weighted by molar-refractivity contribution is -0.123. The van der Waals surface area contributed by atoms with Gasteiger partial charge in [-0.2, -0.15) is 0 Å². The van der Waals surface area contributed by atoms with Gasteiger partial charge in [0.2, 0.25) is 5.91 Å². The number of rotatable bonds is 6. The molecule has 4 rings (SSSR count). The molecule has 2 aromatic heterocycles. The van der Waals surface area contributed by atoms with Gasteiger partial charge in [0, 0.05) is 23.3 Å². The second-order valence-electron chi connectivity index (χ2n) is 7.44. The summed E-state index contributed by atoms with van der Waals surface area (Å²) in [5, 5.41) is 8.50. The molecule has 1 saturated carbocycles. The van der Waals surface area contributed by atoms with Crippen molar-refractivity contribution in [1.29, 1.82) is 0 Å². The molecule has 3 aromatic rings. The van der Waals surface area contributed by atoms with Crippen LogP contribution in [0.25, 0.3) is 0 Å². The normalized spacial score (nSPS) is 15.3. The van der Waals surface area contributed by atoms with E-state index in [1.54, 1.807) is 24.4 Å². The Morgan fingerprint density at radius 1 is 1.10 bits per heavy atom. The van der Waals surface area contributed by atoms with Crippen LogP contribution in [0, 0.1) is 5.82 Å². The van der Waals surface area contributed by atoms with Crippen LogP contribution in [0.4, 0.5) is 10.1 Å². The number of pyridine rings is 1. The first kappa shape index (κ1) is 21.0. The second kappa shape index (κ2) is 9.74. The topological polar surface area (TPSA) is 88.1 Å². The summed E-state index contributed by atoms with van der Waals surface area (Å²) in [5.74, 6) is -1.27. The van der Waals surface area contributed by atoms with Crippen molar-refractivity contribution in [2.75, 3.05) is 4.90 Å². The zero-order valence-electron chi connectivity index (χ0n) is 16.8. The van der Waals surface area contributed by atoms with E-state index in [1.807, 2.05) is 0 Å². The number of nitrogens with zero attached hydrogens (tertiary/aromatic N) is 4. The van der Waals surface area contributed by atoms with E-state index >= 15 is 0 Å². The first-order chi connectivity index (χ1) is 15.1. The molecule has 1 atom stereocenters. The van der Waals surface area contributed by atoms with Gasteiger partial charge in [0.05, 0.1) is 5.69 Å². The molecule has 1 aliphatic carbocycles. The minimum atomic E-state index is -1.04. The number of carbonyl (C=O) groups excluding carboxylic acids is 2. The molecule has 1 fully saturated rings. The fourth-order valence-corrected chi connectivity index (χ4v) is 4.25. The Bertz CT molecular complexity index is 1010. The van der Waals surface area contributed by atoms with E-state index in [4.69, 9.17) is 0 Å². The number of hydrogen-bond acceptors (Lipinski definition) is 6. The number of anilines is 1. The van der Waals surface area contributed by atoms with Crippen molar-refractivity contribution in [2.24, 2.45) is 0 Å². The zero-order valence-corrected chi connectivity index (χ0v) is 17.6. The van der Waals surface area contributed by atoms with Crippen LogP contribution in [0.1, 0.15) is 54.3 Å². The van der Waals surface area contributed by atoms with Gasteiger partial charge in [-0.3, -0.25) is 19.5 Å². The molecule has 0 saturated heterocycles. The molecule has 2 amide bonds. The Balaban J connectivity index is 1.76. The third kappa shape index (κ3) is 4.93. The maximum atomic E-state index is 13.6. The van der Waals surface area contributed by atoms with Gasteiger partial charge >= 0.3 is 0 Å². The largest absolute Gasteiger partial charge is 0.351 e. The molecule has 1 aromatic carbocycles. The van der Waals surface area contributed by atoms with Crippen molar-refractivity contribution < 1.29 is 14.0 Å². The number of carbonyl (C=O) groups is 2. The Morgan fingerprint density at radius 3 is 2.52 bits per heavy atom. The van der Waals surface area contributed by atoms with E-state index in [-0.39, 0.29) is 17.6 Å². The van der Waals surface area contributed by atoms with Crippen LogP contribution in [-0.2, 0) is 4.79 Å². The van der Waals surface area contributed by atoms with Crippen molar-refractivity contribution in [3.8, 4) is 0 Å². The highest BCUT2D eigenvalue weighted by atomic mass is 32.1. The van der Waals surface area contributed by atoms with Gasteiger partial charge in [-0.1, -0.05) is 29.8 Å². The molecule has 0 aliphatic heterocycles. The molecule has 0 spiro atoms. The lowest BCUT2D eigenvalue weighted by Gasteiger charge is -2.32. The van der Waals surface area contributed by atoms with Crippen LogP contribution >= 0.6 is 11.5 Å². The molecule has 7 nitrogen and oxygen atoms in total. The van der Waals surface area contributed by atoms with E-state index in [2.05, 4.69) is 19.9 Å². The monoisotopic (exact) mass is 439 g/mol. The van der Waals surface area contributed by atoms with E-state index in [0.717, 1.165) is 43.6 Å². The van der Waals surface area contributed by atoms with E-state index in [0.29, 0.717) is 11.4 Å². The maximum absolute atomic E-state index is 13.6. The molecule has 1 aliphatic rings. The quantitative estimate of drug-likeness (QED) is 0.629. The van der Waals surface area contributed by atoms with Crippen molar-refractivity contribution in [3.05, 3.63) is 71.2 Å². The molecule has 0 bridgehead atoms. The summed E-state index contributed by atoms with van der Waals surface area (Å²) in [4.78, 5) is 32.6. The molecule has 0 radical (unpaired) electrons. The average Bonchev–Trinajstić information content (AvgIpc) is 3.34. The first-order valence-electron chi connectivity index (χ1n) is 10.2.